The van der Waals surface area contributed by atoms with Gasteiger partial charge in [0.25, 0.3) is 0 Å². The number of para-hydroxylation sites is 1. The number of thioether (sulfide) groups is 1. The summed E-state index contributed by atoms with van der Waals surface area (Å²) < 4.78 is 2.78. The van der Waals surface area contributed by atoms with E-state index in [9.17, 15) is 4.79 Å². The molecule has 0 unspecified atom stereocenters. The average molecular weight is 457 g/mol. The normalized spacial score (nSPS) is 11.1. The fourth-order valence-electron chi connectivity index (χ4n) is 3.12. The van der Waals surface area contributed by atoms with Gasteiger partial charge in [-0.05, 0) is 41.6 Å². The third-order valence-corrected chi connectivity index (χ3v) is 6.83. The zero-order valence-corrected chi connectivity index (χ0v) is 18.9. The van der Waals surface area contributed by atoms with Gasteiger partial charge in [-0.2, -0.15) is 5.10 Å². The highest BCUT2D eigenvalue weighted by Crippen LogP contribution is 2.33. The lowest BCUT2D eigenvalue weighted by atomic mass is 10.1. The van der Waals surface area contributed by atoms with Gasteiger partial charge in [-0.15, -0.1) is 11.8 Å². The number of hydrogen-bond donors (Lipinski definition) is 0. The molecule has 2 aromatic carbocycles. The van der Waals surface area contributed by atoms with Crippen molar-refractivity contribution in [2.45, 2.75) is 24.8 Å². The summed E-state index contributed by atoms with van der Waals surface area (Å²) in [5.41, 5.74) is 1.72. The summed E-state index contributed by atoms with van der Waals surface area (Å²) in [6.45, 7) is 3.21. The van der Waals surface area contributed by atoms with Gasteiger partial charge in [0.1, 0.15) is 5.52 Å². The van der Waals surface area contributed by atoms with E-state index in [-0.39, 0.29) is 5.91 Å². The molecule has 0 aliphatic heterocycles. The Morgan fingerprint density at radius 2 is 2.03 bits per heavy atom. The molecule has 0 radical (unpaired) electrons. The molecule has 0 aliphatic rings. The minimum atomic E-state index is 0.00762. The standard InChI is InChI=1S/C22H21ClN4OS2/c1-2-29-17-9-7-16(8-10-17)15-20(28)27(14-13-26-12-4-11-24-26)22-25-21-18(23)5-3-6-19(21)30-22/h3-12H,2,13-15H2,1H3. The average Bonchev–Trinajstić information content (AvgIpc) is 3.40. The second kappa shape index (κ2) is 9.64. The van der Waals surface area contributed by atoms with Gasteiger partial charge >= 0.3 is 0 Å². The summed E-state index contributed by atoms with van der Waals surface area (Å²) in [4.78, 5) is 20.9. The minimum absolute atomic E-state index is 0.00762. The third kappa shape index (κ3) is 4.86. The van der Waals surface area contributed by atoms with Crippen molar-refractivity contribution in [2.24, 2.45) is 0 Å². The summed E-state index contributed by atoms with van der Waals surface area (Å²) in [5.74, 6) is 1.04. The number of anilines is 1. The number of carbonyl (C=O) groups is 1. The molecule has 30 heavy (non-hydrogen) atoms. The smallest absolute Gasteiger partial charge is 0.233 e. The van der Waals surface area contributed by atoms with Crippen LogP contribution in [-0.4, -0.2) is 33.0 Å². The van der Waals surface area contributed by atoms with Crippen molar-refractivity contribution in [2.75, 3.05) is 17.2 Å². The van der Waals surface area contributed by atoms with Gasteiger partial charge in [0.05, 0.1) is 22.7 Å². The van der Waals surface area contributed by atoms with Crippen LogP contribution in [0.3, 0.4) is 0 Å². The third-order valence-electron chi connectivity index (χ3n) is 4.59. The van der Waals surface area contributed by atoms with Gasteiger partial charge in [-0.3, -0.25) is 14.4 Å². The Balaban J connectivity index is 1.58. The second-order valence-electron chi connectivity index (χ2n) is 6.65. The second-order valence-corrected chi connectivity index (χ2v) is 9.40. The first-order valence-corrected chi connectivity index (χ1v) is 11.9. The Morgan fingerprint density at radius 3 is 2.73 bits per heavy atom. The quantitative estimate of drug-likeness (QED) is 0.327. The van der Waals surface area contributed by atoms with Crippen LogP contribution in [0, 0.1) is 0 Å². The van der Waals surface area contributed by atoms with E-state index in [4.69, 9.17) is 11.6 Å². The maximum atomic E-state index is 13.3. The molecule has 4 rings (SSSR count). The Hall–Kier alpha value is -2.35. The van der Waals surface area contributed by atoms with Crippen LogP contribution in [0.4, 0.5) is 5.13 Å². The molecule has 0 spiro atoms. The van der Waals surface area contributed by atoms with Gasteiger partial charge in [-0.1, -0.05) is 48.1 Å². The maximum Gasteiger partial charge on any atom is 0.233 e. The topological polar surface area (TPSA) is 51.0 Å². The molecule has 0 fully saturated rings. The summed E-state index contributed by atoms with van der Waals surface area (Å²) in [5, 5.41) is 5.50. The van der Waals surface area contributed by atoms with Crippen LogP contribution in [0.5, 0.6) is 0 Å². The molecular formula is C22H21ClN4OS2. The predicted octanol–water partition coefficient (Wildman–Crippen LogP) is 5.53. The van der Waals surface area contributed by atoms with Crippen LogP contribution in [0.2, 0.25) is 5.02 Å². The van der Waals surface area contributed by atoms with E-state index >= 15 is 0 Å². The van der Waals surface area contributed by atoms with Crippen LogP contribution < -0.4 is 4.90 Å². The Labute approximate surface area is 188 Å². The monoisotopic (exact) mass is 456 g/mol. The van der Waals surface area contributed by atoms with Crippen LogP contribution >= 0.6 is 34.7 Å². The number of benzene rings is 2. The highest BCUT2D eigenvalue weighted by Gasteiger charge is 2.21. The molecule has 1 amide bonds. The first kappa shape index (κ1) is 20.9. The van der Waals surface area contributed by atoms with Crippen molar-refractivity contribution in [3.05, 3.63) is 71.5 Å². The van der Waals surface area contributed by atoms with E-state index in [0.29, 0.717) is 29.7 Å². The molecule has 0 saturated heterocycles. The van der Waals surface area contributed by atoms with E-state index in [1.54, 1.807) is 22.9 Å². The summed E-state index contributed by atoms with van der Waals surface area (Å²) in [6.07, 6.45) is 3.95. The van der Waals surface area contributed by atoms with Crippen LogP contribution in [0.25, 0.3) is 10.2 Å². The maximum absolute atomic E-state index is 13.3. The summed E-state index contributed by atoms with van der Waals surface area (Å²) >= 11 is 9.58. The van der Waals surface area contributed by atoms with Crippen molar-refractivity contribution in [1.29, 1.82) is 0 Å². The number of nitrogens with zero attached hydrogens (tertiary/aromatic N) is 4. The van der Waals surface area contributed by atoms with Crippen molar-refractivity contribution >= 4 is 56.0 Å². The Morgan fingerprint density at radius 1 is 1.20 bits per heavy atom. The molecule has 5 nitrogen and oxygen atoms in total. The lowest BCUT2D eigenvalue weighted by Crippen LogP contribution is -2.35. The van der Waals surface area contributed by atoms with Crippen LogP contribution in [0.15, 0.2) is 65.8 Å². The molecule has 0 bridgehead atoms. The van der Waals surface area contributed by atoms with E-state index < -0.39 is 0 Å². The molecule has 154 valence electrons. The first-order valence-electron chi connectivity index (χ1n) is 9.68. The highest BCUT2D eigenvalue weighted by molar-refractivity contribution is 7.99. The van der Waals surface area contributed by atoms with Gasteiger partial charge in [0.2, 0.25) is 5.91 Å². The minimum Gasteiger partial charge on any atom is -0.286 e. The number of hydrogen-bond acceptors (Lipinski definition) is 5. The van der Waals surface area contributed by atoms with Gasteiger partial charge < -0.3 is 0 Å². The zero-order valence-electron chi connectivity index (χ0n) is 16.5. The van der Waals surface area contributed by atoms with E-state index in [2.05, 4.69) is 29.1 Å². The number of carbonyl (C=O) groups excluding carboxylic acids is 1. The summed E-state index contributed by atoms with van der Waals surface area (Å²) in [7, 11) is 0. The number of fused-ring (bicyclic) bond motifs is 1. The Kier molecular flexibility index (Phi) is 6.72. The molecule has 0 atom stereocenters. The molecular weight excluding hydrogens is 436 g/mol. The van der Waals surface area contributed by atoms with E-state index in [1.807, 2.05) is 47.3 Å². The van der Waals surface area contributed by atoms with Crippen molar-refractivity contribution in [3.63, 3.8) is 0 Å². The first-order chi connectivity index (χ1) is 14.6. The van der Waals surface area contributed by atoms with Crippen molar-refractivity contribution in [1.82, 2.24) is 14.8 Å². The predicted molar refractivity (Wildman–Crippen MR) is 126 cm³/mol. The largest absolute Gasteiger partial charge is 0.286 e. The van der Waals surface area contributed by atoms with E-state index in [0.717, 1.165) is 21.5 Å². The molecule has 8 heteroatoms. The van der Waals surface area contributed by atoms with Gasteiger partial charge in [0, 0.05) is 23.8 Å². The molecule has 2 aromatic heterocycles. The van der Waals surface area contributed by atoms with Gasteiger partial charge in [-0.25, -0.2) is 4.98 Å². The fraction of sp³-hybridized carbons (Fsp3) is 0.227. The number of aromatic nitrogens is 3. The zero-order chi connectivity index (χ0) is 20.9. The molecule has 0 N–H and O–H groups in total. The molecule has 0 saturated carbocycles. The van der Waals surface area contributed by atoms with Crippen LogP contribution in [0.1, 0.15) is 12.5 Å². The lowest BCUT2D eigenvalue weighted by Gasteiger charge is -2.20. The number of amides is 1. The Bertz CT molecular complexity index is 1130. The fourth-order valence-corrected chi connectivity index (χ4v) is 5.09. The number of rotatable bonds is 8. The van der Waals surface area contributed by atoms with Crippen molar-refractivity contribution < 1.29 is 4.79 Å². The highest BCUT2D eigenvalue weighted by atomic mass is 35.5. The van der Waals surface area contributed by atoms with Crippen LogP contribution in [-0.2, 0) is 17.8 Å². The molecule has 0 aliphatic carbocycles. The van der Waals surface area contributed by atoms with E-state index in [1.165, 1.54) is 16.2 Å². The molecule has 4 aromatic rings. The lowest BCUT2D eigenvalue weighted by molar-refractivity contribution is -0.118. The SMILES string of the molecule is CCSc1ccc(CC(=O)N(CCn2cccn2)c2nc3c(Cl)cccc3s2)cc1. The van der Waals surface area contributed by atoms with Gasteiger partial charge in [0.15, 0.2) is 5.13 Å². The molecule has 2 heterocycles. The number of thiazole rings is 1. The summed E-state index contributed by atoms with van der Waals surface area (Å²) in [6, 6.07) is 15.8. The van der Waals surface area contributed by atoms with Crippen molar-refractivity contribution in [3.8, 4) is 0 Å². The number of halogens is 1.